The molecule has 170 valence electrons. The van der Waals surface area contributed by atoms with E-state index >= 15 is 0 Å². The molecule has 1 aliphatic rings. The number of amides is 1. The van der Waals surface area contributed by atoms with Crippen molar-refractivity contribution >= 4 is 26.9 Å². The van der Waals surface area contributed by atoms with Crippen molar-refractivity contribution in [2.24, 2.45) is 7.05 Å². The lowest BCUT2D eigenvalue weighted by molar-refractivity contribution is 0.0947. The molecule has 0 spiro atoms. The molecule has 0 radical (unpaired) electrons. The summed E-state index contributed by atoms with van der Waals surface area (Å²) in [5.74, 6) is -0.563. The second-order valence-corrected chi connectivity index (χ2v) is 10.3. The minimum Gasteiger partial charge on any atom is -0.347 e. The molecule has 12 heteroatoms. The molecule has 0 bridgehead atoms. The van der Waals surface area contributed by atoms with E-state index in [1.165, 1.54) is 18.5 Å². The van der Waals surface area contributed by atoms with Gasteiger partial charge in [0.15, 0.2) is 21.2 Å². The maximum atomic E-state index is 14.2. The first-order chi connectivity index (χ1) is 15.8. The standard InChI is InChI=1S/C21H20FN7O3S/c1-29-9-15(8-26-29)14-4-12(5-16(22)6-14)7-23-21(30)18-17-20(25-11-24-18)28-19(27-17)13-2-3-33(31,32)10-13/h4-6,8-9,11,13H,2-3,7,10H2,1H3,(H,23,30)(H,24,25,27,28). The third-order valence-electron chi connectivity index (χ3n) is 5.59. The fraction of sp³-hybridized carbons (Fsp3) is 0.286. The molecule has 1 fully saturated rings. The van der Waals surface area contributed by atoms with E-state index in [-0.39, 0.29) is 29.7 Å². The Hall–Kier alpha value is -3.67. The summed E-state index contributed by atoms with van der Waals surface area (Å²) in [7, 11) is -1.31. The number of nitrogens with zero attached hydrogens (tertiary/aromatic N) is 5. The van der Waals surface area contributed by atoms with Crippen molar-refractivity contribution in [3.05, 3.63) is 59.8 Å². The van der Waals surface area contributed by atoms with Crippen molar-refractivity contribution in [3.63, 3.8) is 0 Å². The lowest BCUT2D eigenvalue weighted by Crippen LogP contribution is -2.24. The van der Waals surface area contributed by atoms with Crippen LogP contribution in [-0.4, -0.2) is 55.5 Å². The second-order valence-electron chi connectivity index (χ2n) is 8.08. The summed E-state index contributed by atoms with van der Waals surface area (Å²) in [5, 5.41) is 6.85. The summed E-state index contributed by atoms with van der Waals surface area (Å²) < 4.78 is 39.4. The number of H-pyrrole nitrogens is 1. The highest BCUT2D eigenvalue weighted by atomic mass is 32.2. The lowest BCUT2D eigenvalue weighted by atomic mass is 10.1. The Morgan fingerprint density at radius 1 is 1.27 bits per heavy atom. The van der Waals surface area contributed by atoms with Gasteiger partial charge < -0.3 is 10.3 Å². The minimum atomic E-state index is -3.08. The number of hydrogen-bond acceptors (Lipinski definition) is 7. The average Bonchev–Trinajstić information content (AvgIpc) is 3.49. The average molecular weight is 470 g/mol. The topological polar surface area (TPSA) is 136 Å². The van der Waals surface area contributed by atoms with Crippen LogP contribution in [0.2, 0.25) is 0 Å². The number of carbonyl (C=O) groups excluding carboxylic acids is 1. The van der Waals surface area contributed by atoms with E-state index in [1.807, 2.05) is 0 Å². The van der Waals surface area contributed by atoms with Gasteiger partial charge >= 0.3 is 0 Å². The molecular formula is C21H20FN7O3S. The van der Waals surface area contributed by atoms with Gasteiger partial charge in [-0.15, -0.1) is 0 Å². The van der Waals surface area contributed by atoms with Crippen molar-refractivity contribution in [1.29, 1.82) is 0 Å². The first kappa shape index (κ1) is 21.2. The van der Waals surface area contributed by atoms with Crippen LogP contribution >= 0.6 is 0 Å². The van der Waals surface area contributed by atoms with Gasteiger partial charge in [0.25, 0.3) is 5.91 Å². The summed E-state index contributed by atoms with van der Waals surface area (Å²) in [4.78, 5) is 28.4. The largest absolute Gasteiger partial charge is 0.347 e. The molecule has 10 nitrogen and oxygen atoms in total. The molecule has 0 aliphatic carbocycles. The number of aromatic amines is 1. The highest BCUT2D eigenvalue weighted by Gasteiger charge is 2.31. The Bertz CT molecular complexity index is 1480. The fourth-order valence-electron chi connectivity index (χ4n) is 3.98. The zero-order valence-electron chi connectivity index (χ0n) is 17.6. The molecule has 1 atom stereocenters. The van der Waals surface area contributed by atoms with Crippen LogP contribution in [0.1, 0.15) is 34.2 Å². The monoisotopic (exact) mass is 469 g/mol. The Morgan fingerprint density at radius 3 is 2.85 bits per heavy atom. The van der Waals surface area contributed by atoms with E-state index in [0.717, 1.165) is 5.56 Å². The van der Waals surface area contributed by atoms with Crippen molar-refractivity contribution < 1.29 is 17.6 Å². The van der Waals surface area contributed by atoms with Crippen molar-refractivity contribution in [3.8, 4) is 11.1 Å². The number of imidazole rings is 1. The Labute approximate surface area is 188 Å². The maximum absolute atomic E-state index is 14.2. The minimum absolute atomic E-state index is 0.0145. The van der Waals surface area contributed by atoms with Crippen molar-refractivity contribution in [2.45, 2.75) is 18.9 Å². The van der Waals surface area contributed by atoms with Crippen LogP contribution < -0.4 is 5.32 Å². The number of sulfone groups is 1. The van der Waals surface area contributed by atoms with Gasteiger partial charge in [0.2, 0.25) is 0 Å². The highest BCUT2D eigenvalue weighted by molar-refractivity contribution is 7.91. The Kier molecular flexibility index (Phi) is 5.16. The highest BCUT2D eigenvalue weighted by Crippen LogP contribution is 2.28. The van der Waals surface area contributed by atoms with Crippen LogP contribution in [0.3, 0.4) is 0 Å². The number of carbonyl (C=O) groups is 1. The maximum Gasteiger partial charge on any atom is 0.272 e. The summed E-state index contributed by atoms with van der Waals surface area (Å²) in [6.07, 6.45) is 5.12. The van der Waals surface area contributed by atoms with E-state index in [0.29, 0.717) is 34.5 Å². The van der Waals surface area contributed by atoms with Crippen LogP contribution in [0.15, 0.2) is 36.9 Å². The number of rotatable bonds is 5. The third kappa shape index (κ3) is 4.33. The molecule has 4 aromatic rings. The van der Waals surface area contributed by atoms with Crippen molar-refractivity contribution in [1.82, 2.24) is 35.0 Å². The van der Waals surface area contributed by atoms with Crippen LogP contribution in [0.4, 0.5) is 4.39 Å². The smallest absolute Gasteiger partial charge is 0.272 e. The second kappa shape index (κ2) is 8.03. The molecule has 1 amide bonds. The summed E-state index contributed by atoms with van der Waals surface area (Å²) in [6.45, 7) is 0.0806. The van der Waals surface area contributed by atoms with Gasteiger partial charge in [-0.1, -0.05) is 0 Å². The van der Waals surface area contributed by atoms with Gasteiger partial charge in [-0.3, -0.25) is 9.48 Å². The zero-order valence-corrected chi connectivity index (χ0v) is 18.4. The van der Waals surface area contributed by atoms with Gasteiger partial charge in [-0.2, -0.15) is 5.10 Å². The molecule has 33 heavy (non-hydrogen) atoms. The number of nitrogens with one attached hydrogen (secondary N) is 2. The molecule has 2 N–H and O–H groups in total. The normalized spacial score (nSPS) is 17.5. The van der Waals surface area contributed by atoms with E-state index in [2.05, 4.69) is 30.4 Å². The molecule has 0 saturated carbocycles. The van der Waals surface area contributed by atoms with Gasteiger partial charge in [0.1, 0.15) is 23.5 Å². The van der Waals surface area contributed by atoms with E-state index in [1.54, 1.807) is 30.2 Å². The number of hydrogen-bond donors (Lipinski definition) is 2. The molecule has 1 unspecified atom stereocenters. The van der Waals surface area contributed by atoms with Crippen LogP contribution in [0.25, 0.3) is 22.3 Å². The summed E-state index contributed by atoms with van der Waals surface area (Å²) >= 11 is 0. The molecule has 3 aromatic heterocycles. The lowest BCUT2D eigenvalue weighted by Gasteiger charge is -2.07. The number of halogens is 1. The predicted molar refractivity (Wildman–Crippen MR) is 117 cm³/mol. The van der Waals surface area contributed by atoms with Crippen molar-refractivity contribution in [2.75, 3.05) is 11.5 Å². The first-order valence-electron chi connectivity index (χ1n) is 10.2. The number of aryl methyl sites for hydroxylation is 1. The summed E-state index contributed by atoms with van der Waals surface area (Å²) in [6, 6.07) is 4.54. The SMILES string of the molecule is Cn1cc(-c2cc(F)cc(CNC(=O)c3ncnc4nc(C5CCS(=O)(=O)C5)[nH]c34)c2)cn1. The molecule has 4 heterocycles. The van der Waals surface area contributed by atoms with Gasteiger partial charge in [0.05, 0.1) is 17.7 Å². The van der Waals surface area contributed by atoms with Gasteiger partial charge in [-0.05, 0) is 35.7 Å². The number of aromatic nitrogens is 6. The van der Waals surface area contributed by atoms with Gasteiger partial charge in [-0.25, -0.2) is 27.8 Å². The van der Waals surface area contributed by atoms with Crippen LogP contribution in [0.5, 0.6) is 0 Å². The van der Waals surface area contributed by atoms with E-state index in [9.17, 15) is 17.6 Å². The fourth-order valence-corrected chi connectivity index (χ4v) is 5.73. The summed E-state index contributed by atoms with van der Waals surface area (Å²) in [5.41, 5.74) is 2.71. The van der Waals surface area contributed by atoms with Crippen LogP contribution in [-0.2, 0) is 23.4 Å². The number of benzene rings is 1. The van der Waals surface area contributed by atoms with Crippen LogP contribution in [0, 0.1) is 5.82 Å². The Balaban J connectivity index is 1.36. The van der Waals surface area contributed by atoms with E-state index < -0.39 is 21.6 Å². The molecular weight excluding hydrogens is 449 g/mol. The molecule has 1 aliphatic heterocycles. The Morgan fingerprint density at radius 2 is 2.12 bits per heavy atom. The molecule has 1 saturated heterocycles. The predicted octanol–water partition coefficient (Wildman–Crippen LogP) is 1.72. The number of fused-ring (bicyclic) bond motifs is 1. The third-order valence-corrected chi connectivity index (χ3v) is 7.36. The zero-order chi connectivity index (χ0) is 23.2. The molecule has 5 rings (SSSR count). The first-order valence-corrected chi connectivity index (χ1v) is 12.1. The quantitative estimate of drug-likeness (QED) is 0.454. The van der Waals surface area contributed by atoms with E-state index in [4.69, 9.17) is 0 Å². The van der Waals surface area contributed by atoms with Gasteiger partial charge in [0, 0.05) is 31.3 Å². The molecule has 1 aromatic carbocycles.